The SMILES string of the molecule is N#CNC(=N[C@H]1C=C(NC(=O)C2SC=CC2NCc2ccnc3c2=CCCC=3)CC(C(F)(F)F)=C1)N1CCC[C@@H]1C(N)=O. The molecular formula is C29H31F3N8O2S. The van der Waals surface area contributed by atoms with Crippen molar-refractivity contribution < 1.29 is 22.8 Å². The summed E-state index contributed by atoms with van der Waals surface area (Å²) in [5, 5.41) is 20.9. The van der Waals surface area contributed by atoms with Crippen molar-refractivity contribution >= 4 is 41.7 Å². The van der Waals surface area contributed by atoms with Crippen LogP contribution in [0.3, 0.4) is 0 Å². The van der Waals surface area contributed by atoms with Gasteiger partial charge in [0.2, 0.25) is 17.8 Å². The number of aliphatic imine (C=N–C) groups is 1. The fraction of sp³-hybridized carbons (Fsp3) is 0.414. The average Bonchev–Trinajstić information content (AvgIpc) is 3.66. The predicted octanol–water partition coefficient (Wildman–Crippen LogP) is 1.16. The largest absolute Gasteiger partial charge is 0.412 e. The summed E-state index contributed by atoms with van der Waals surface area (Å²) in [7, 11) is 0. The Bertz CT molecular complexity index is 1560. The lowest BCUT2D eigenvalue weighted by atomic mass is 9.99. The smallest absolute Gasteiger partial charge is 0.368 e. The zero-order valence-electron chi connectivity index (χ0n) is 23.1. The number of rotatable bonds is 7. The number of amides is 2. The van der Waals surface area contributed by atoms with Crippen molar-refractivity contribution in [3.63, 3.8) is 0 Å². The number of nitrogens with two attached hydrogens (primary N) is 1. The van der Waals surface area contributed by atoms with Gasteiger partial charge in [-0.2, -0.15) is 18.4 Å². The van der Waals surface area contributed by atoms with Crippen LogP contribution in [0.2, 0.25) is 0 Å². The number of thioether (sulfide) groups is 1. The number of nitrogens with one attached hydrogen (secondary N) is 3. The van der Waals surface area contributed by atoms with Gasteiger partial charge >= 0.3 is 6.18 Å². The number of halogens is 3. The number of aromatic nitrogens is 1. The summed E-state index contributed by atoms with van der Waals surface area (Å²) in [5.74, 6) is -1.11. The Morgan fingerprint density at radius 2 is 2.07 bits per heavy atom. The number of guanidine groups is 1. The number of pyridine rings is 1. The van der Waals surface area contributed by atoms with Crippen LogP contribution in [0.15, 0.2) is 52.2 Å². The average molecular weight is 613 g/mol. The fourth-order valence-corrected chi connectivity index (χ4v) is 6.58. The summed E-state index contributed by atoms with van der Waals surface area (Å²) >= 11 is 1.29. The number of allylic oxidation sites excluding steroid dienone is 1. The van der Waals surface area contributed by atoms with Crippen LogP contribution >= 0.6 is 11.8 Å². The molecule has 3 heterocycles. The second-order valence-corrected chi connectivity index (χ2v) is 11.6. The van der Waals surface area contributed by atoms with E-state index in [9.17, 15) is 28.0 Å². The Hall–Kier alpha value is -4.09. The van der Waals surface area contributed by atoms with Gasteiger partial charge in [-0.1, -0.05) is 18.2 Å². The van der Waals surface area contributed by atoms with Crippen LogP contribution in [-0.2, 0) is 16.1 Å². The molecule has 1 aromatic heterocycles. The van der Waals surface area contributed by atoms with Gasteiger partial charge in [0.25, 0.3) is 0 Å². The van der Waals surface area contributed by atoms with Crippen LogP contribution in [0.5, 0.6) is 0 Å². The molecule has 0 saturated carbocycles. The highest BCUT2D eigenvalue weighted by atomic mass is 32.2. The number of carbonyl (C=O) groups excluding carboxylic acids is 2. The van der Waals surface area contributed by atoms with Gasteiger partial charge in [0.1, 0.15) is 11.3 Å². The normalized spacial score (nSPS) is 25.1. The van der Waals surface area contributed by atoms with E-state index < -0.39 is 47.3 Å². The Morgan fingerprint density at radius 1 is 1.26 bits per heavy atom. The number of nitriles is 1. The number of likely N-dealkylation sites (tertiary alicyclic amines) is 1. The zero-order chi connectivity index (χ0) is 30.6. The molecule has 1 fully saturated rings. The molecule has 1 aromatic rings. The number of primary amides is 1. The highest BCUT2D eigenvalue weighted by Gasteiger charge is 2.38. The molecule has 226 valence electrons. The summed E-state index contributed by atoms with van der Waals surface area (Å²) in [4.78, 5) is 35.5. The minimum Gasteiger partial charge on any atom is -0.368 e. The van der Waals surface area contributed by atoms with E-state index in [-0.39, 0.29) is 17.7 Å². The van der Waals surface area contributed by atoms with Gasteiger partial charge in [0, 0.05) is 48.2 Å². The van der Waals surface area contributed by atoms with E-state index in [1.165, 1.54) is 22.7 Å². The lowest BCUT2D eigenvalue weighted by Gasteiger charge is -2.27. The molecule has 4 aliphatic rings. The van der Waals surface area contributed by atoms with E-state index in [1.807, 2.05) is 12.1 Å². The highest BCUT2D eigenvalue weighted by Crippen LogP contribution is 2.34. The third kappa shape index (κ3) is 7.11. The maximum absolute atomic E-state index is 13.9. The molecule has 2 amide bonds. The summed E-state index contributed by atoms with van der Waals surface area (Å²) in [6.07, 6.45) is 9.70. The van der Waals surface area contributed by atoms with Crippen LogP contribution < -0.4 is 32.3 Å². The van der Waals surface area contributed by atoms with Crippen LogP contribution in [-0.4, -0.2) is 63.8 Å². The predicted molar refractivity (Wildman–Crippen MR) is 157 cm³/mol. The quantitative estimate of drug-likeness (QED) is 0.118. The van der Waals surface area contributed by atoms with Gasteiger partial charge in [-0.05, 0) is 54.9 Å². The van der Waals surface area contributed by atoms with Crippen molar-refractivity contribution in [2.75, 3.05) is 6.54 Å². The van der Waals surface area contributed by atoms with E-state index in [0.717, 1.165) is 35.0 Å². The second kappa shape index (κ2) is 13.0. The maximum Gasteiger partial charge on any atom is 0.412 e. The Morgan fingerprint density at radius 3 is 2.84 bits per heavy atom. The van der Waals surface area contributed by atoms with E-state index in [2.05, 4.69) is 38.1 Å². The van der Waals surface area contributed by atoms with Crippen LogP contribution in [0.1, 0.15) is 37.7 Å². The minimum atomic E-state index is -4.66. The van der Waals surface area contributed by atoms with Crippen molar-refractivity contribution in [3.05, 3.63) is 63.3 Å². The minimum absolute atomic E-state index is 0.0524. The van der Waals surface area contributed by atoms with E-state index in [4.69, 9.17) is 5.73 Å². The fourth-order valence-electron chi connectivity index (χ4n) is 5.61. The molecule has 10 nitrogen and oxygen atoms in total. The molecule has 5 rings (SSSR count). The molecule has 2 aliphatic heterocycles. The molecule has 0 radical (unpaired) electrons. The summed E-state index contributed by atoms with van der Waals surface area (Å²) in [5.41, 5.74) is 5.72. The standard InChI is InChI=1S/C29H31F3N8O2S/c30-29(31,32)18-12-19(14-20(13-18)39-28(37-16-33)40-10-3-6-24(40)26(34)41)38-27(42)25-23(8-11-43-25)36-15-17-7-9-35-22-5-2-1-4-21(17)22/h4-5,7-9,11,13-14,20,23-25,36H,1-3,6,10,12,15H2,(H2,34,41)(H,37,39)(H,38,42)/t20-,23?,24-,25?/m1/s1. The molecule has 0 spiro atoms. The van der Waals surface area contributed by atoms with Crippen LogP contribution in [0.25, 0.3) is 12.2 Å². The third-order valence-corrected chi connectivity index (χ3v) is 8.77. The van der Waals surface area contributed by atoms with Crippen molar-refractivity contribution in [2.45, 2.75) is 68.2 Å². The lowest BCUT2D eigenvalue weighted by molar-refractivity contribution is -0.121. The lowest BCUT2D eigenvalue weighted by Crippen LogP contribution is -2.48. The topological polar surface area (TPSA) is 149 Å². The van der Waals surface area contributed by atoms with E-state index in [0.29, 0.717) is 25.9 Å². The molecule has 14 heteroatoms. The second-order valence-electron chi connectivity index (χ2n) is 10.5. The Labute approximate surface area is 250 Å². The van der Waals surface area contributed by atoms with Gasteiger partial charge in [0.05, 0.1) is 11.4 Å². The zero-order valence-corrected chi connectivity index (χ0v) is 23.9. The molecule has 2 unspecified atom stereocenters. The van der Waals surface area contributed by atoms with Crippen molar-refractivity contribution in [3.8, 4) is 6.19 Å². The van der Waals surface area contributed by atoms with Crippen LogP contribution in [0.4, 0.5) is 13.2 Å². The van der Waals surface area contributed by atoms with Gasteiger partial charge in [-0.15, -0.1) is 11.8 Å². The maximum atomic E-state index is 13.9. The molecule has 1 saturated heterocycles. The molecule has 0 aromatic carbocycles. The van der Waals surface area contributed by atoms with Crippen molar-refractivity contribution in [2.24, 2.45) is 10.7 Å². The third-order valence-electron chi connectivity index (χ3n) is 7.65. The molecule has 43 heavy (non-hydrogen) atoms. The van der Waals surface area contributed by atoms with Crippen molar-refractivity contribution in [1.29, 1.82) is 5.26 Å². The van der Waals surface area contributed by atoms with E-state index in [1.54, 1.807) is 17.8 Å². The first kappa shape index (κ1) is 30.4. The van der Waals surface area contributed by atoms with Crippen LogP contribution in [0, 0.1) is 11.5 Å². The molecule has 2 aliphatic carbocycles. The van der Waals surface area contributed by atoms with Gasteiger partial charge in [-0.25, -0.2) is 4.99 Å². The first-order chi connectivity index (χ1) is 20.6. The number of hydrogen-bond acceptors (Lipinski definition) is 7. The molecule has 4 atom stereocenters. The number of nitrogens with zero attached hydrogens (tertiary/aromatic N) is 4. The van der Waals surface area contributed by atoms with Gasteiger partial charge < -0.3 is 21.3 Å². The number of alkyl halides is 3. The molecule has 0 bridgehead atoms. The van der Waals surface area contributed by atoms with E-state index >= 15 is 0 Å². The highest BCUT2D eigenvalue weighted by molar-refractivity contribution is 8.03. The first-order valence-corrected chi connectivity index (χ1v) is 14.9. The summed E-state index contributed by atoms with van der Waals surface area (Å²) in [6, 6.07) is -0.295. The number of fused-ring (bicyclic) bond motifs is 1. The first-order valence-electron chi connectivity index (χ1n) is 13.9. The molecular weight excluding hydrogens is 581 g/mol. The van der Waals surface area contributed by atoms with Crippen molar-refractivity contribution in [1.82, 2.24) is 25.8 Å². The summed E-state index contributed by atoms with van der Waals surface area (Å²) < 4.78 is 41.7. The summed E-state index contributed by atoms with van der Waals surface area (Å²) in [6.45, 7) is 0.850. The number of hydrogen-bond donors (Lipinski definition) is 4. The Kier molecular flexibility index (Phi) is 9.22. The Balaban J connectivity index is 1.32. The molecule has 5 N–H and O–H groups in total. The van der Waals surface area contributed by atoms with Gasteiger partial charge in [0.15, 0.2) is 6.19 Å². The monoisotopic (exact) mass is 612 g/mol. The number of carbonyl (C=O) groups is 2. The van der Waals surface area contributed by atoms with Gasteiger partial charge in [-0.3, -0.25) is 19.9 Å².